The predicted octanol–water partition coefficient (Wildman–Crippen LogP) is 2.79. The van der Waals surface area contributed by atoms with Crippen LogP contribution < -0.4 is 15.8 Å². The minimum atomic E-state index is -4.43. The number of carbonyl (C=O) groups is 1. The second-order valence-corrected chi connectivity index (χ2v) is 7.00. The van der Waals surface area contributed by atoms with Crippen LogP contribution in [0.4, 0.5) is 13.2 Å². The van der Waals surface area contributed by atoms with Crippen LogP contribution in [-0.4, -0.2) is 39.2 Å². The molecule has 2 aromatic rings. The molecule has 7 nitrogen and oxygen atoms in total. The Balaban J connectivity index is 0.000000696. The van der Waals surface area contributed by atoms with Gasteiger partial charge in [-0.05, 0) is 39.3 Å². The van der Waals surface area contributed by atoms with E-state index in [1.807, 2.05) is 20.8 Å². The molecule has 0 saturated carbocycles. The first-order valence-electron chi connectivity index (χ1n) is 8.34. The Morgan fingerprint density at radius 2 is 1.89 bits per heavy atom. The Morgan fingerprint density at radius 3 is 2.46 bits per heavy atom. The van der Waals surface area contributed by atoms with E-state index in [9.17, 15) is 18.0 Å². The van der Waals surface area contributed by atoms with Gasteiger partial charge in [-0.2, -0.15) is 13.2 Å². The fourth-order valence-corrected chi connectivity index (χ4v) is 1.64. The van der Waals surface area contributed by atoms with E-state index in [1.165, 1.54) is 24.7 Å². The summed E-state index contributed by atoms with van der Waals surface area (Å²) in [4.78, 5) is 23.5. The van der Waals surface area contributed by atoms with Gasteiger partial charge in [-0.25, -0.2) is 9.97 Å². The highest BCUT2D eigenvalue weighted by Crippen LogP contribution is 2.17. The van der Waals surface area contributed by atoms with E-state index in [0.717, 1.165) is 0 Å². The van der Waals surface area contributed by atoms with Crippen molar-refractivity contribution in [1.82, 2.24) is 20.3 Å². The predicted molar refractivity (Wildman–Crippen MR) is 97.7 cm³/mol. The van der Waals surface area contributed by atoms with Crippen molar-refractivity contribution in [3.05, 3.63) is 47.7 Å². The molecule has 0 unspecified atom stereocenters. The Kier molecular flexibility index (Phi) is 8.30. The molecule has 0 aliphatic carbocycles. The fraction of sp³-hybridized carbons (Fsp3) is 0.444. The molecule has 0 aliphatic heterocycles. The summed E-state index contributed by atoms with van der Waals surface area (Å²) in [6.45, 7) is 6.28. The smallest absolute Gasteiger partial charge is 0.422 e. The highest BCUT2D eigenvalue weighted by molar-refractivity contribution is 5.91. The Hall–Kier alpha value is -2.75. The minimum Gasteiger partial charge on any atom is -0.468 e. The first kappa shape index (κ1) is 23.3. The molecule has 0 aliphatic rings. The molecule has 28 heavy (non-hydrogen) atoms. The van der Waals surface area contributed by atoms with Gasteiger partial charge in [-0.3, -0.25) is 9.78 Å². The summed E-state index contributed by atoms with van der Waals surface area (Å²) in [7, 11) is 0. The summed E-state index contributed by atoms with van der Waals surface area (Å²) in [6.07, 6.45) is -0.286. The van der Waals surface area contributed by atoms with Crippen LogP contribution in [0.15, 0.2) is 30.7 Å². The van der Waals surface area contributed by atoms with Crippen LogP contribution in [0.1, 0.15) is 42.5 Å². The summed E-state index contributed by atoms with van der Waals surface area (Å²) in [5.41, 5.74) is 6.66. The molecule has 0 aromatic carbocycles. The quantitative estimate of drug-likeness (QED) is 0.801. The maximum absolute atomic E-state index is 12.1. The van der Waals surface area contributed by atoms with Gasteiger partial charge in [0.25, 0.3) is 5.91 Å². The molecular weight excluding hydrogens is 375 g/mol. The van der Waals surface area contributed by atoms with Gasteiger partial charge in [0.05, 0.1) is 11.9 Å². The molecule has 0 bridgehead atoms. The molecule has 0 atom stereocenters. The van der Waals surface area contributed by atoms with E-state index in [4.69, 9.17) is 5.73 Å². The summed E-state index contributed by atoms with van der Waals surface area (Å²) in [5, 5.41) is 2.60. The standard InChI is InChI=1S/C14H13F3N4O2.C4H11N/c1-9-5-18-7-11(21-9)13(22)20-6-10-2-3-19-12(4-10)23-8-14(15,16)17;1-4(2,3)5/h2-5,7H,6,8H2,1H3,(H,20,22);5H2,1-3H3. The van der Waals surface area contributed by atoms with Gasteiger partial charge >= 0.3 is 6.18 Å². The molecular formula is C18H24F3N5O2. The largest absolute Gasteiger partial charge is 0.468 e. The second-order valence-electron chi connectivity index (χ2n) is 7.00. The average molecular weight is 399 g/mol. The summed E-state index contributed by atoms with van der Waals surface area (Å²) < 4.78 is 40.8. The van der Waals surface area contributed by atoms with E-state index in [2.05, 4.69) is 25.0 Å². The highest BCUT2D eigenvalue weighted by atomic mass is 19.4. The number of carbonyl (C=O) groups excluding carboxylic acids is 1. The number of aromatic nitrogens is 3. The lowest BCUT2D eigenvalue weighted by Gasteiger charge is -2.09. The Bertz CT molecular complexity index is 770. The molecule has 2 aromatic heterocycles. The monoisotopic (exact) mass is 399 g/mol. The van der Waals surface area contributed by atoms with Gasteiger partial charge in [0.1, 0.15) is 5.69 Å². The van der Waals surface area contributed by atoms with Crippen molar-refractivity contribution in [3.63, 3.8) is 0 Å². The number of rotatable bonds is 5. The van der Waals surface area contributed by atoms with Crippen LogP contribution in [0.3, 0.4) is 0 Å². The topological polar surface area (TPSA) is 103 Å². The third-order valence-corrected chi connectivity index (χ3v) is 2.62. The SMILES string of the molecule is CC(C)(C)N.Cc1cncc(C(=O)NCc2ccnc(OCC(F)(F)F)c2)n1. The van der Waals surface area contributed by atoms with E-state index < -0.39 is 18.7 Å². The van der Waals surface area contributed by atoms with E-state index in [-0.39, 0.29) is 23.7 Å². The van der Waals surface area contributed by atoms with Crippen molar-refractivity contribution in [1.29, 1.82) is 0 Å². The van der Waals surface area contributed by atoms with E-state index >= 15 is 0 Å². The molecule has 0 spiro atoms. The zero-order valence-corrected chi connectivity index (χ0v) is 16.2. The first-order valence-corrected chi connectivity index (χ1v) is 8.34. The number of alkyl halides is 3. The van der Waals surface area contributed by atoms with Crippen molar-refractivity contribution < 1.29 is 22.7 Å². The Labute approximate surface area is 161 Å². The van der Waals surface area contributed by atoms with E-state index in [1.54, 1.807) is 13.0 Å². The maximum Gasteiger partial charge on any atom is 0.422 e. The number of nitrogens with one attached hydrogen (secondary N) is 1. The highest BCUT2D eigenvalue weighted by Gasteiger charge is 2.28. The van der Waals surface area contributed by atoms with Gasteiger partial charge in [0, 0.05) is 30.5 Å². The number of ether oxygens (including phenoxy) is 1. The number of amides is 1. The van der Waals surface area contributed by atoms with Gasteiger partial charge in [0.2, 0.25) is 5.88 Å². The average Bonchev–Trinajstić information content (AvgIpc) is 2.56. The van der Waals surface area contributed by atoms with Crippen molar-refractivity contribution >= 4 is 5.91 Å². The van der Waals surface area contributed by atoms with Gasteiger partial charge in [-0.15, -0.1) is 0 Å². The summed E-state index contributed by atoms with van der Waals surface area (Å²) >= 11 is 0. The van der Waals surface area contributed by atoms with Crippen LogP contribution >= 0.6 is 0 Å². The minimum absolute atomic E-state index is 0. The number of hydrogen-bond donors (Lipinski definition) is 2. The van der Waals surface area contributed by atoms with Crippen molar-refractivity contribution in [2.75, 3.05) is 6.61 Å². The molecule has 3 N–H and O–H groups in total. The summed E-state index contributed by atoms with van der Waals surface area (Å²) in [6, 6.07) is 2.89. The molecule has 0 radical (unpaired) electrons. The van der Waals surface area contributed by atoms with Crippen LogP contribution in [0, 0.1) is 6.92 Å². The van der Waals surface area contributed by atoms with Crippen molar-refractivity contribution in [2.45, 2.75) is 46.0 Å². The van der Waals surface area contributed by atoms with Gasteiger partial charge in [0.15, 0.2) is 6.61 Å². The van der Waals surface area contributed by atoms with Crippen LogP contribution in [-0.2, 0) is 6.54 Å². The zero-order valence-electron chi connectivity index (χ0n) is 16.2. The molecule has 0 fully saturated rings. The second kappa shape index (κ2) is 9.98. The molecule has 10 heteroatoms. The lowest BCUT2D eigenvalue weighted by atomic mass is 10.1. The number of pyridine rings is 1. The van der Waals surface area contributed by atoms with Gasteiger partial charge in [-0.1, -0.05) is 0 Å². The normalized spacial score (nSPS) is 11.3. The van der Waals surface area contributed by atoms with Crippen LogP contribution in [0.5, 0.6) is 5.88 Å². The lowest BCUT2D eigenvalue weighted by Crippen LogP contribution is -2.26. The molecule has 2 rings (SSSR count). The van der Waals surface area contributed by atoms with Gasteiger partial charge < -0.3 is 15.8 Å². The van der Waals surface area contributed by atoms with Crippen molar-refractivity contribution in [2.24, 2.45) is 5.73 Å². The fourth-order valence-electron chi connectivity index (χ4n) is 1.64. The number of nitrogens with two attached hydrogens (primary N) is 1. The first-order chi connectivity index (χ1) is 12.8. The third kappa shape index (κ3) is 11.1. The molecule has 2 heterocycles. The summed E-state index contributed by atoms with van der Waals surface area (Å²) in [5.74, 6) is -0.597. The number of hydrogen-bond acceptors (Lipinski definition) is 6. The number of halogens is 3. The van der Waals surface area contributed by atoms with Crippen LogP contribution in [0.2, 0.25) is 0 Å². The number of aryl methyl sites for hydroxylation is 1. The maximum atomic E-state index is 12.1. The Morgan fingerprint density at radius 1 is 1.25 bits per heavy atom. The van der Waals surface area contributed by atoms with E-state index in [0.29, 0.717) is 11.3 Å². The van der Waals surface area contributed by atoms with Crippen molar-refractivity contribution in [3.8, 4) is 5.88 Å². The molecule has 154 valence electrons. The molecule has 0 saturated heterocycles. The zero-order chi connectivity index (χ0) is 21.4. The third-order valence-electron chi connectivity index (χ3n) is 2.62. The lowest BCUT2D eigenvalue weighted by molar-refractivity contribution is -0.154. The number of nitrogens with zero attached hydrogens (tertiary/aromatic N) is 3. The van der Waals surface area contributed by atoms with Crippen LogP contribution in [0.25, 0.3) is 0 Å². The molecule has 1 amide bonds.